The summed E-state index contributed by atoms with van der Waals surface area (Å²) in [5.74, 6) is 1.25. The van der Waals surface area contributed by atoms with Crippen molar-refractivity contribution in [3.63, 3.8) is 0 Å². The molecule has 0 N–H and O–H groups in total. The van der Waals surface area contributed by atoms with Crippen LogP contribution in [0.15, 0.2) is 54.6 Å². The SMILES string of the molecule is C1=CC(C2(C3C=Cc4ccccc43)CCCC2)C=C1. The molecule has 0 nitrogen and oxygen atoms in total. The van der Waals surface area contributed by atoms with E-state index < -0.39 is 0 Å². The highest BCUT2D eigenvalue weighted by atomic mass is 14.5. The second kappa shape index (κ2) is 4.23. The Morgan fingerprint density at radius 3 is 2.42 bits per heavy atom. The van der Waals surface area contributed by atoms with Gasteiger partial charge in [0.1, 0.15) is 0 Å². The fourth-order valence-corrected chi connectivity index (χ4v) is 4.45. The summed E-state index contributed by atoms with van der Waals surface area (Å²) in [6.45, 7) is 0. The molecule has 0 aromatic heterocycles. The highest BCUT2D eigenvalue weighted by molar-refractivity contribution is 5.63. The van der Waals surface area contributed by atoms with Crippen molar-refractivity contribution in [1.29, 1.82) is 0 Å². The minimum atomic E-state index is 0.437. The summed E-state index contributed by atoms with van der Waals surface area (Å²) in [6.07, 6.45) is 19.6. The van der Waals surface area contributed by atoms with Gasteiger partial charge < -0.3 is 0 Å². The van der Waals surface area contributed by atoms with Crippen LogP contribution in [-0.2, 0) is 0 Å². The van der Waals surface area contributed by atoms with Crippen LogP contribution >= 0.6 is 0 Å². The van der Waals surface area contributed by atoms with E-state index in [0.717, 1.165) is 0 Å². The van der Waals surface area contributed by atoms with Crippen molar-refractivity contribution in [2.24, 2.45) is 11.3 Å². The van der Waals surface area contributed by atoms with Crippen molar-refractivity contribution < 1.29 is 0 Å². The molecule has 0 amide bonds. The lowest BCUT2D eigenvalue weighted by atomic mass is 9.64. The molecule has 0 spiro atoms. The Morgan fingerprint density at radius 2 is 1.63 bits per heavy atom. The molecular weight excluding hydrogens is 228 g/mol. The third-order valence-electron chi connectivity index (χ3n) is 5.37. The van der Waals surface area contributed by atoms with E-state index in [-0.39, 0.29) is 0 Å². The molecule has 4 rings (SSSR count). The lowest BCUT2D eigenvalue weighted by Gasteiger charge is -2.39. The van der Waals surface area contributed by atoms with Crippen LogP contribution < -0.4 is 0 Å². The summed E-state index contributed by atoms with van der Waals surface area (Å²) in [5.41, 5.74) is 3.43. The second-order valence-corrected chi connectivity index (χ2v) is 6.20. The normalized spacial score (nSPS) is 27.3. The van der Waals surface area contributed by atoms with E-state index in [1.807, 2.05) is 0 Å². The van der Waals surface area contributed by atoms with Crippen LogP contribution in [0, 0.1) is 11.3 Å². The molecule has 3 aliphatic carbocycles. The molecule has 0 heteroatoms. The third-order valence-corrected chi connectivity index (χ3v) is 5.37. The Hall–Kier alpha value is -1.56. The van der Waals surface area contributed by atoms with Crippen LogP contribution in [0.4, 0.5) is 0 Å². The molecule has 96 valence electrons. The maximum Gasteiger partial charge on any atom is 0.00923 e. The Kier molecular flexibility index (Phi) is 2.51. The first-order valence-electron chi connectivity index (χ1n) is 7.52. The number of hydrogen-bond donors (Lipinski definition) is 0. The molecule has 1 saturated carbocycles. The molecule has 0 bridgehead atoms. The molecule has 0 aliphatic heterocycles. The van der Waals surface area contributed by atoms with Crippen LogP contribution in [0.1, 0.15) is 42.7 Å². The predicted octanol–water partition coefficient (Wildman–Crippen LogP) is 5.10. The number of fused-ring (bicyclic) bond motifs is 1. The van der Waals surface area contributed by atoms with Crippen LogP contribution in [0.25, 0.3) is 6.08 Å². The third kappa shape index (κ3) is 1.59. The summed E-state index contributed by atoms with van der Waals surface area (Å²) >= 11 is 0. The Morgan fingerprint density at radius 1 is 0.895 bits per heavy atom. The molecule has 1 unspecified atom stereocenters. The Balaban J connectivity index is 1.79. The van der Waals surface area contributed by atoms with Gasteiger partial charge in [0.2, 0.25) is 0 Å². The van der Waals surface area contributed by atoms with Gasteiger partial charge in [0.25, 0.3) is 0 Å². The molecule has 1 fully saturated rings. The minimum Gasteiger partial charge on any atom is -0.0770 e. The van der Waals surface area contributed by atoms with E-state index in [4.69, 9.17) is 0 Å². The van der Waals surface area contributed by atoms with Gasteiger partial charge in [-0.05, 0) is 29.4 Å². The maximum atomic E-state index is 2.47. The fourth-order valence-electron chi connectivity index (χ4n) is 4.45. The van der Waals surface area contributed by atoms with Crippen LogP contribution in [0.5, 0.6) is 0 Å². The molecule has 3 aliphatic rings. The molecule has 1 atom stereocenters. The van der Waals surface area contributed by atoms with Crippen molar-refractivity contribution in [3.8, 4) is 0 Å². The summed E-state index contributed by atoms with van der Waals surface area (Å²) in [7, 11) is 0. The summed E-state index contributed by atoms with van der Waals surface area (Å²) in [4.78, 5) is 0. The van der Waals surface area contributed by atoms with E-state index >= 15 is 0 Å². The molecule has 0 heterocycles. The maximum absolute atomic E-state index is 2.47. The van der Waals surface area contributed by atoms with Gasteiger partial charge in [-0.15, -0.1) is 0 Å². The van der Waals surface area contributed by atoms with Crippen LogP contribution in [0.3, 0.4) is 0 Å². The van der Waals surface area contributed by atoms with E-state index in [1.165, 1.54) is 31.2 Å². The number of rotatable bonds is 2. The first-order chi connectivity index (χ1) is 9.40. The van der Waals surface area contributed by atoms with Gasteiger partial charge in [0.15, 0.2) is 0 Å². The van der Waals surface area contributed by atoms with E-state index in [9.17, 15) is 0 Å². The molecular formula is C19H20. The highest BCUT2D eigenvalue weighted by Gasteiger charge is 2.46. The van der Waals surface area contributed by atoms with E-state index in [0.29, 0.717) is 17.3 Å². The van der Waals surface area contributed by atoms with Crippen LogP contribution in [0.2, 0.25) is 0 Å². The summed E-state index contributed by atoms with van der Waals surface area (Å²) in [5, 5.41) is 0. The zero-order chi connectivity index (χ0) is 12.7. The van der Waals surface area contributed by atoms with E-state index in [1.54, 1.807) is 5.56 Å². The van der Waals surface area contributed by atoms with Gasteiger partial charge in [0.05, 0.1) is 0 Å². The van der Waals surface area contributed by atoms with Gasteiger partial charge in [-0.1, -0.05) is 73.6 Å². The number of benzene rings is 1. The number of allylic oxidation sites excluding steroid dienone is 5. The predicted molar refractivity (Wildman–Crippen MR) is 80.9 cm³/mol. The first kappa shape index (κ1) is 11.3. The average Bonchev–Trinajstić information content (AvgIpc) is 3.18. The lowest BCUT2D eigenvalue weighted by Crippen LogP contribution is -2.30. The molecule has 1 aromatic carbocycles. The lowest BCUT2D eigenvalue weighted by molar-refractivity contribution is 0.214. The van der Waals surface area contributed by atoms with Crippen molar-refractivity contribution in [2.75, 3.05) is 0 Å². The zero-order valence-electron chi connectivity index (χ0n) is 11.3. The van der Waals surface area contributed by atoms with Crippen molar-refractivity contribution in [3.05, 3.63) is 65.8 Å². The zero-order valence-corrected chi connectivity index (χ0v) is 11.3. The van der Waals surface area contributed by atoms with Gasteiger partial charge >= 0.3 is 0 Å². The average molecular weight is 248 g/mol. The number of hydrogen-bond acceptors (Lipinski definition) is 0. The van der Waals surface area contributed by atoms with Gasteiger partial charge in [0, 0.05) is 11.8 Å². The molecule has 19 heavy (non-hydrogen) atoms. The molecule has 1 aromatic rings. The van der Waals surface area contributed by atoms with E-state index in [2.05, 4.69) is 60.7 Å². The van der Waals surface area contributed by atoms with Gasteiger partial charge in [-0.3, -0.25) is 0 Å². The second-order valence-electron chi connectivity index (χ2n) is 6.20. The molecule has 0 saturated heterocycles. The Bertz CT molecular complexity index is 555. The quantitative estimate of drug-likeness (QED) is 0.683. The van der Waals surface area contributed by atoms with Gasteiger partial charge in [-0.2, -0.15) is 0 Å². The smallest absolute Gasteiger partial charge is 0.00923 e. The monoisotopic (exact) mass is 248 g/mol. The summed E-state index contributed by atoms with van der Waals surface area (Å²) < 4.78 is 0. The first-order valence-corrected chi connectivity index (χ1v) is 7.52. The van der Waals surface area contributed by atoms with Gasteiger partial charge in [-0.25, -0.2) is 0 Å². The van der Waals surface area contributed by atoms with Crippen molar-refractivity contribution in [1.82, 2.24) is 0 Å². The highest BCUT2D eigenvalue weighted by Crippen LogP contribution is 2.58. The minimum absolute atomic E-state index is 0.437. The fraction of sp³-hybridized carbons (Fsp3) is 0.368. The van der Waals surface area contributed by atoms with Crippen LogP contribution in [-0.4, -0.2) is 0 Å². The topological polar surface area (TPSA) is 0 Å². The standard InChI is InChI=1S/C19H20/c1-4-10-17-15(7-1)11-12-18(17)19(13-5-6-14-19)16-8-2-3-9-16/h1-4,7-12,16,18H,5-6,13-14H2. The van der Waals surface area contributed by atoms with Crippen molar-refractivity contribution >= 4 is 6.08 Å². The largest absolute Gasteiger partial charge is 0.0770 e. The summed E-state index contributed by atoms with van der Waals surface area (Å²) in [6, 6.07) is 8.95. The molecule has 0 radical (unpaired) electrons. The Labute approximate surface area is 115 Å². The van der Waals surface area contributed by atoms with Crippen molar-refractivity contribution in [2.45, 2.75) is 31.6 Å².